The van der Waals surface area contributed by atoms with Gasteiger partial charge in [-0.25, -0.2) is 17.1 Å². The lowest BCUT2D eigenvalue weighted by Crippen LogP contribution is -2.50. The molecular formula is C19H32FIN4O3S. The first kappa shape index (κ1) is 26.1. The van der Waals surface area contributed by atoms with Crippen LogP contribution in [-0.4, -0.2) is 61.8 Å². The Hall–Kier alpha value is -0.980. The number of aliphatic imine (C=N–C) groups is 1. The molecule has 0 amide bonds. The fourth-order valence-corrected chi connectivity index (χ4v) is 4.74. The van der Waals surface area contributed by atoms with Crippen molar-refractivity contribution >= 4 is 40.0 Å². The average molecular weight is 542 g/mol. The minimum atomic E-state index is -3.16. The zero-order valence-corrected chi connectivity index (χ0v) is 20.1. The van der Waals surface area contributed by atoms with E-state index in [9.17, 15) is 17.9 Å². The fourth-order valence-electron chi connectivity index (χ4n) is 3.20. The smallest absolute Gasteiger partial charge is 0.214 e. The summed E-state index contributed by atoms with van der Waals surface area (Å²) in [6.45, 7) is 5.44. The highest BCUT2D eigenvalue weighted by Gasteiger charge is 2.27. The molecule has 1 heterocycles. The second-order valence-corrected chi connectivity index (χ2v) is 8.98. The topological polar surface area (TPSA) is 94.0 Å². The predicted octanol–water partition coefficient (Wildman–Crippen LogP) is 2.24. The number of halogens is 2. The Labute approximate surface area is 190 Å². The average Bonchev–Trinajstić information content (AvgIpc) is 2.67. The van der Waals surface area contributed by atoms with E-state index in [1.165, 1.54) is 6.07 Å². The van der Waals surface area contributed by atoms with E-state index in [-0.39, 0.29) is 47.9 Å². The van der Waals surface area contributed by atoms with Crippen LogP contribution in [0, 0.1) is 5.82 Å². The molecule has 1 fully saturated rings. The summed E-state index contributed by atoms with van der Waals surface area (Å²) in [5.74, 6) is 0.264. The van der Waals surface area contributed by atoms with Gasteiger partial charge in [-0.05, 0) is 32.3 Å². The summed E-state index contributed by atoms with van der Waals surface area (Å²) < 4.78 is 39.7. The van der Waals surface area contributed by atoms with Crippen LogP contribution >= 0.6 is 24.0 Å². The second-order valence-electron chi connectivity index (χ2n) is 6.89. The highest BCUT2D eigenvalue weighted by atomic mass is 127. The summed E-state index contributed by atoms with van der Waals surface area (Å²) in [5, 5.41) is 16.6. The number of hydrogen-bond donors (Lipinski definition) is 3. The highest BCUT2D eigenvalue weighted by Crippen LogP contribution is 2.17. The van der Waals surface area contributed by atoms with Crippen LogP contribution in [0.15, 0.2) is 29.3 Å². The van der Waals surface area contributed by atoms with Gasteiger partial charge in [0.1, 0.15) is 11.9 Å². The van der Waals surface area contributed by atoms with Gasteiger partial charge in [0.15, 0.2) is 5.96 Å². The van der Waals surface area contributed by atoms with E-state index in [0.29, 0.717) is 44.9 Å². The van der Waals surface area contributed by atoms with Crippen molar-refractivity contribution in [2.75, 3.05) is 31.9 Å². The van der Waals surface area contributed by atoms with Crippen molar-refractivity contribution < 1.29 is 17.9 Å². The maximum absolute atomic E-state index is 13.8. The Balaban J connectivity index is 0.00000420. The van der Waals surface area contributed by atoms with E-state index in [1.807, 2.05) is 13.8 Å². The summed E-state index contributed by atoms with van der Waals surface area (Å²) >= 11 is 0. The summed E-state index contributed by atoms with van der Waals surface area (Å²) in [5.41, 5.74) is 0.219. The van der Waals surface area contributed by atoms with Gasteiger partial charge in [-0.15, -0.1) is 24.0 Å². The number of hydrogen-bond acceptors (Lipinski definition) is 4. The number of benzene rings is 1. The Kier molecular flexibility index (Phi) is 11.4. The molecule has 0 aliphatic carbocycles. The van der Waals surface area contributed by atoms with Crippen molar-refractivity contribution in [1.82, 2.24) is 14.9 Å². The van der Waals surface area contributed by atoms with E-state index in [0.717, 1.165) is 0 Å². The summed E-state index contributed by atoms with van der Waals surface area (Å²) in [6.07, 6.45) is 0.951. The van der Waals surface area contributed by atoms with Crippen molar-refractivity contribution in [3.8, 4) is 0 Å². The minimum Gasteiger partial charge on any atom is -0.386 e. The molecule has 1 atom stereocenters. The molecule has 3 N–H and O–H groups in total. The fraction of sp³-hybridized carbons (Fsp3) is 0.632. The number of guanidine groups is 1. The molecule has 0 spiro atoms. The summed E-state index contributed by atoms with van der Waals surface area (Å²) in [6, 6.07) is 6.20. The molecule has 166 valence electrons. The Morgan fingerprint density at radius 1 is 1.31 bits per heavy atom. The number of rotatable bonds is 8. The van der Waals surface area contributed by atoms with E-state index < -0.39 is 21.9 Å². The van der Waals surface area contributed by atoms with Crippen LogP contribution in [0.4, 0.5) is 4.39 Å². The molecule has 1 aliphatic heterocycles. The molecule has 7 nitrogen and oxygen atoms in total. The van der Waals surface area contributed by atoms with Crippen molar-refractivity contribution in [1.29, 1.82) is 0 Å². The summed E-state index contributed by atoms with van der Waals surface area (Å²) in [7, 11) is -3.16. The van der Waals surface area contributed by atoms with Gasteiger partial charge < -0.3 is 15.7 Å². The molecule has 0 saturated carbocycles. The van der Waals surface area contributed by atoms with Gasteiger partial charge in [-0.1, -0.05) is 25.1 Å². The number of piperidine rings is 1. The molecular weight excluding hydrogens is 510 g/mol. The normalized spacial score (nSPS) is 17.4. The van der Waals surface area contributed by atoms with Crippen LogP contribution < -0.4 is 10.6 Å². The standard InChI is InChI=1S/C19H31FN4O3S.HI/c1-3-13-28(26,27)24-11-9-15(10-12-24)23-19(21-4-2)22-14-18(25)16-7-5-6-8-17(16)20;/h5-8,15,18,25H,3-4,9-14H2,1-2H3,(H2,21,22,23);1H. The lowest BCUT2D eigenvalue weighted by Gasteiger charge is -2.32. The lowest BCUT2D eigenvalue weighted by molar-refractivity contribution is 0.182. The Morgan fingerprint density at radius 3 is 2.55 bits per heavy atom. The SMILES string of the molecule is CCCS(=O)(=O)N1CCC(NC(=NCC(O)c2ccccc2F)NCC)CC1.I. The number of aliphatic hydroxyl groups is 1. The Bertz CT molecular complexity index is 756. The molecule has 1 unspecified atom stereocenters. The largest absolute Gasteiger partial charge is 0.386 e. The van der Waals surface area contributed by atoms with E-state index in [1.54, 1.807) is 22.5 Å². The zero-order chi connectivity index (χ0) is 20.6. The number of nitrogens with zero attached hydrogens (tertiary/aromatic N) is 2. The maximum Gasteiger partial charge on any atom is 0.214 e. The molecule has 0 radical (unpaired) electrons. The van der Waals surface area contributed by atoms with Crippen LogP contribution in [0.5, 0.6) is 0 Å². The van der Waals surface area contributed by atoms with Crippen molar-refractivity contribution in [3.63, 3.8) is 0 Å². The van der Waals surface area contributed by atoms with Gasteiger partial charge in [-0.3, -0.25) is 4.99 Å². The molecule has 29 heavy (non-hydrogen) atoms. The van der Waals surface area contributed by atoms with E-state index in [2.05, 4.69) is 15.6 Å². The first-order valence-corrected chi connectivity index (χ1v) is 11.4. The first-order chi connectivity index (χ1) is 13.4. The maximum atomic E-state index is 13.8. The molecule has 0 aromatic heterocycles. The zero-order valence-electron chi connectivity index (χ0n) is 17.0. The van der Waals surface area contributed by atoms with Crippen molar-refractivity contribution in [3.05, 3.63) is 35.6 Å². The predicted molar refractivity (Wildman–Crippen MR) is 125 cm³/mol. The first-order valence-electron chi connectivity index (χ1n) is 9.82. The van der Waals surface area contributed by atoms with Crippen LogP contribution in [0.1, 0.15) is 44.8 Å². The molecule has 1 aromatic rings. The van der Waals surface area contributed by atoms with Crippen LogP contribution in [0.25, 0.3) is 0 Å². The molecule has 10 heteroatoms. The van der Waals surface area contributed by atoms with Crippen molar-refractivity contribution in [2.24, 2.45) is 4.99 Å². The quantitative estimate of drug-likeness (QED) is 0.266. The van der Waals surface area contributed by atoms with Gasteiger partial charge in [0.05, 0.1) is 12.3 Å². The molecule has 0 bridgehead atoms. The van der Waals surface area contributed by atoms with E-state index >= 15 is 0 Å². The third-order valence-electron chi connectivity index (χ3n) is 4.68. The molecule has 1 aromatic carbocycles. The second kappa shape index (κ2) is 12.7. The van der Waals surface area contributed by atoms with Gasteiger partial charge in [0.25, 0.3) is 0 Å². The van der Waals surface area contributed by atoms with Gasteiger partial charge in [-0.2, -0.15) is 0 Å². The number of aliphatic hydroxyl groups excluding tert-OH is 1. The third-order valence-corrected chi connectivity index (χ3v) is 6.76. The number of sulfonamides is 1. The van der Waals surface area contributed by atoms with Gasteiger partial charge in [0.2, 0.25) is 10.0 Å². The lowest BCUT2D eigenvalue weighted by atomic mass is 10.1. The van der Waals surface area contributed by atoms with E-state index in [4.69, 9.17) is 0 Å². The van der Waals surface area contributed by atoms with Gasteiger partial charge in [0, 0.05) is 31.2 Å². The van der Waals surface area contributed by atoms with Crippen molar-refractivity contribution in [2.45, 2.75) is 45.3 Å². The monoisotopic (exact) mass is 542 g/mol. The molecule has 1 aliphatic rings. The molecule has 2 rings (SSSR count). The van der Waals surface area contributed by atoms with Crippen LogP contribution in [0.3, 0.4) is 0 Å². The van der Waals surface area contributed by atoms with Crippen LogP contribution in [0.2, 0.25) is 0 Å². The Morgan fingerprint density at radius 2 is 1.97 bits per heavy atom. The summed E-state index contributed by atoms with van der Waals surface area (Å²) in [4.78, 5) is 4.37. The third kappa shape index (κ3) is 7.99. The molecule has 1 saturated heterocycles. The van der Waals surface area contributed by atoms with Crippen LogP contribution in [-0.2, 0) is 10.0 Å². The highest BCUT2D eigenvalue weighted by molar-refractivity contribution is 14.0. The van der Waals surface area contributed by atoms with Gasteiger partial charge >= 0.3 is 0 Å². The minimum absolute atomic E-state index is 0. The number of nitrogens with one attached hydrogen (secondary N) is 2.